The summed E-state index contributed by atoms with van der Waals surface area (Å²) >= 11 is 0. The molecule has 0 radical (unpaired) electrons. The molecule has 1 aliphatic rings. The average molecular weight is 275 g/mol. The molecule has 108 valence electrons. The second-order valence-corrected chi connectivity index (χ2v) is 5.58. The lowest BCUT2D eigenvalue weighted by molar-refractivity contribution is -0.141. The minimum atomic E-state index is -0.863. The summed E-state index contributed by atoms with van der Waals surface area (Å²) in [5.74, 6) is -1.08. The third-order valence-electron chi connectivity index (χ3n) is 4.07. The molecule has 4 heteroatoms. The van der Waals surface area contributed by atoms with Crippen LogP contribution in [0.5, 0.6) is 0 Å². The molecule has 1 amide bonds. The maximum absolute atomic E-state index is 12.3. The normalized spacial score (nSPS) is 19.3. The van der Waals surface area contributed by atoms with Gasteiger partial charge in [0.05, 0.1) is 5.92 Å². The van der Waals surface area contributed by atoms with Gasteiger partial charge in [0.1, 0.15) is 0 Å². The molecule has 4 nitrogen and oxygen atoms in total. The van der Waals surface area contributed by atoms with Crippen LogP contribution in [0.3, 0.4) is 0 Å². The highest BCUT2D eigenvalue weighted by atomic mass is 16.4. The Bertz CT molecular complexity index is 512. The first-order chi connectivity index (χ1) is 9.52. The van der Waals surface area contributed by atoms with E-state index < -0.39 is 11.9 Å². The van der Waals surface area contributed by atoms with Gasteiger partial charge in [-0.2, -0.15) is 0 Å². The number of rotatable bonds is 4. The molecule has 2 unspecified atom stereocenters. The lowest BCUT2D eigenvalue weighted by atomic mass is 9.89. The number of fused-ring (bicyclic) bond motifs is 1. The van der Waals surface area contributed by atoms with Crippen LogP contribution >= 0.6 is 0 Å². The van der Waals surface area contributed by atoms with Crippen molar-refractivity contribution in [2.24, 2.45) is 5.92 Å². The van der Waals surface area contributed by atoms with Crippen LogP contribution in [0.2, 0.25) is 0 Å². The van der Waals surface area contributed by atoms with Crippen molar-refractivity contribution in [3.63, 3.8) is 0 Å². The second kappa shape index (κ2) is 6.07. The van der Waals surface area contributed by atoms with Crippen LogP contribution in [-0.2, 0) is 16.1 Å². The number of carbonyl (C=O) groups excluding carboxylic acids is 1. The second-order valence-electron chi connectivity index (χ2n) is 5.58. The van der Waals surface area contributed by atoms with Gasteiger partial charge in [0.2, 0.25) is 5.91 Å². The molecular formula is C16H21NO3. The molecule has 2 rings (SSSR count). The molecule has 1 aromatic rings. The standard InChI is InChI=1S/C16H21NO3/c1-3-11(2)8-15(18)17-9-12-6-4-5-7-13(12)14(10-17)16(19)20/h4-7,11,14H,3,8-10H2,1-2H3,(H,19,20). The first-order valence-corrected chi connectivity index (χ1v) is 7.11. The van der Waals surface area contributed by atoms with Gasteiger partial charge in [0, 0.05) is 19.5 Å². The summed E-state index contributed by atoms with van der Waals surface area (Å²) < 4.78 is 0. The number of hydrogen-bond donors (Lipinski definition) is 1. The van der Waals surface area contributed by atoms with Crippen LogP contribution in [0.25, 0.3) is 0 Å². The van der Waals surface area contributed by atoms with Crippen LogP contribution in [0.15, 0.2) is 24.3 Å². The van der Waals surface area contributed by atoms with Gasteiger partial charge in [-0.15, -0.1) is 0 Å². The van der Waals surface area contributed by atoms with E-state index in [9.17, 15) is 14.7 Å². The zero-order valence-corrected chi connectivity index (χ0v) is 12.0. The van der Waals surface area contributed by atoms with Gasteiger partial charge in [-0.05, 0) is 17.0 Å². The molecule has 0 bridgehead atoms. The minimum absolute atomic E-state index is 0.0557. The van der Waals surface area contributed by atoms with Crippen molar-refractivity contribution in [3.05, 3.63) is 35.4 Å². The molecule has 0 saturated carbocycles. The van der Waals surface area contributed by atoms with E-state index in [0.717, 1.165) is 17.5 Å². The molecule has 20 heavy (non-hydrogen) atoms. The number of carbonyl (C=O) groups is 2. The van der Waals surface area contributed by atoms with Gasteiger partial charge in [-0.1, -0.05) is 44.5 Å². The van der Waals surface area contributed by atoms with Gasteiger partial charge >= 0.3 is 5.97 Å². The minimum Gasteiger partial charge on any atom is -0.481 e. The average Bonchev–Trinajstić information content (AvgIpc) is 2.45. The quantitative estimate of drug-likeness (QED) is 0.919. The number of amides is 1. The maximum Gasteiger partial charge on any atom is 0.312 e. The van der Waals surface area contributed by atoms with Crippen molar-refractivity contribution in [1.29, 1.82) is 0 Å². The Labute approximate surface area is 119 Å². The monoisotopic (exact) mass is 275 g/mol. The third kappa shape index (κ3) is 3.00. The van der Waals surface area contributed by atoms with Gasteiger partial charge in [-0.25, -0.2) is 0 Å². The molecule has 0 aromatic heterocycles. The summed E-state index contributed by atoms with van der Waals surface area (Å²) in [4.78, 5) is 25.4. The lowest BCUT2D eigenvalue weighted by Gasteiger charge is -2.33. The first-order valence-electron chi connectivity index (χ1n) is 7.11. The number of carboxylic acid groups (broad SMARTS) is 1. The van der Waals surface area contributed by atoms with E-state index in [-0.39, 0.29) is 12.5 Å². The van der Waals surface area contributed by atoms with E-state index in [2.05, 4.69) is 6.92 Å². The molecule has 0 fully saturated rings. The fourth-order valence-corrected chi connectivity index (χ4v) is 2.58. The van der Waals surface area contributed by atoms with Gasteiger partial charge in [-0.3, -0.25) is 9.59 Å². The van der Waals surface area contributed by atoms with Gasteiger partial charge < -0.3 is 10.0 Å². The molecule has 0 aliphatic carbocycles. The largest absolute Gasteiger partial charge is 0.481 e. The van der Waals surface area contributed by atoms with E-state index in [4.69, 9.17) is 0 Å². The highest BCUT2D eigenvalue weighted by Gasteiger charge is 2.32. The molecule has 1 heterocycles. The smallest absolute Gasteiger partial charge is 0.312 e. The Morgan fingerprint density at radius 1 is 1.40 bits per heavy atom. The number of nitrogens with zero attached hydrogens (tertiary/aromatic N) is 1. The fourth-order valence-electron chi connectivity index (χ4n) is 2.58. The zero-order valence-electron chi connectivity index (χ0n) is 12.0. The summed E-state index contributed by atoms with van der Waals surface area (Å²) in [6, 6.07) is 7.50. The van der Waals surface area contributed by atoms with Crippen LogP contribution in [-0.4, -0.2) is 28.4 Å². The van der Waals surface area contributed by atoms with Gasteiger partial charge in [0.15, 0.2) is 0 Å². The Balaban J connectivity index is 2.20. The Kier molecular flexibility index (Phi) is 4.42. The lowest BCUT2D eigenvalue weighted by Crippen LogP contribution is -2.41. The highest BCUT2D eigenvalue weighted by molar-refractivity contribution is 5.81. The summed E-state index contributed by atoms with van der Waals surface area (Å²) in [6.45, 7) is 4.91. The Morgan fingerprint density at radius 2 is 2.10 bits per heavy atom. The molecule has 0 spiro atoms. The number of carboxylic acids is 1. The summed E-state index contributed by atoms with van der Waals surface area (Å²) in [7, 11) is 0. The SMILES string of the molecule is CCC(C)CC(=O)N1Cc2ccccc2C(C(=O)O)C1. The molecule has 0 saturated heterocycles. The highest BCUT2D eigenvalue weighted by Crippen LogP contribution is 2.29. The van der Waals surface area contributed by atoms with Crippen molar-refractivity contribution >= 4 is 11.9 Å². The predicted molar refractivity (Wildman–Crippen MR) is 76.3 cm³/mol. The molecule has 2 atom stereocenters. The first kappa shape index (κ1) is 14.6. The van der Waals surface area contributed by atoms with Crippen molar-refractivity contribution in [1.82, 2.24) is 4.90 Å². The van der Waals surface area contributed by atoms with E-state index in [0.29, 0.717) is 18.9 Å². The topological polar surface area (TPSA) is 57.6 Å². The van der Waals surface area contributed by atoms with Crippen molar-refractivity contribution in [3.8, 4) is 0 Å². The zero-order chi connectivity index (χ0) is 14.7. The number of benzene rings is 1. The Hall–Kier alpha value is -1.84. The van der Waals surface area contributed by atoms with Crippen molar-refractivity contribution in [2.75, 3.05) is 6.54 Å². The Morgan fingerprint density at radius 3 is 2.75 bits per heavy atom. The van der Waals surface area contributed by atoms with Crippen LogP contribution in [0.4, 0.5) is 0 Å². The van der Waals surface area contributed by atoms with E-state index >= 15 is 0 Å². The predicted octanol–water partition coefficient (Wildman–Crippen LogP) is 2.63. The third-order valence-corrected chi connectivity index (χ3v) is 4.07. The summed E-state index contributed by atoms with van der Waals surface area (Å²) in [5.41, 5.74) is 1.79. The number of aliphatic carboxylic acids is 1. The summed E-state index contributed by atoms with van der Waals surface area (Å²) in [6.07, 6.45) is 1.45. The summed E-state index contributed by atoms with van der Waals surface area (Å²) in [5, 5.41) is 9.37. The van der Waals surface area contributed by atoms with Crippen molar-refractivity contribution < 1.29 is 14.7 Å². The molecule has 1 N–H and O–H groups in total. The number of hydrogen-bond acceptors (Lipinski definition) is 2. The van der Waals surface area contributed by atoms with E-state index in [1.54, 1.807) is 4.90 Å². The van der Waals surface area contributed by atoms with E-state index in [1.807, 2.05) is 31.2 Å². The molecular weight excluding hydrogens is 254 g/mol. The van der Waals surface area contributed by atoms with Crippen molar-refractivity contribution in [2.45, 2.75) is 39.2 Å². The van der Waals surface area contributed by atoms with Crippen LogP contribution < -0.4 is 0 Å². The molecule has 1 aromatic carbocycles. The van der Waals surface area contributed by atoms with Crippen LogP contribution in [0.1, 0.15) is 43.7 Å². The van der Waals surface area contributed by atoms with Crippen LogP contribution in [0, 0.1) is 5.92 Å². The fraction of sp³-hybridized carbons (Fsp3) is 0.500. The van der Waals surface area contributed by atoms with Gasteiger partial charge in [0.25, 0.3) is 0 Å². The van der Waals surface area contributed by atoms with E-state index in [1.165, 1.54) is 0 Å². The maximum atomic E-state index is 12.3. The molecule has 1 aliphatic heterocycles.